The van der Waals surface area contributed by atoms with Crippen molar-refractivity contribution < 1.29 is 40.0 Å². The number of rotatable bonds is 4. The Bertz CT molecular complexity index is 448. The van der Waals surface area contributed by atoms with E-state index in [0.717, 1.165) is 0 Å². The van der Waals surface area contributed by atoms with E-state index in [-0.39, 0.29) is 18.6 Å². The molecule has 0 aromatic carbocycles. The predicted octanol–water partition coefficient (Wildman–Crippen LogP) is 3.75. The lowest BCUT2D eigenvalue weighted by Gasteiger charge is -2.38. The van der Waals surface area contributed by atoms with Crippen LogP contribution >= 0.6 is 0 Å². The topological polar surface area (TPSA) is 21.3 Å². The molecular weight excluding hydrogens is 314 g/mol. The van der Waals surface area contributed by atoms with Gasteiger partial charge in [0.1, 0.15) is 0 Å². The van der Waals surface area contributed by atoms with Gasteiger partial charge in [-0.1, -0.05) is 0 Å². The molecule has 0 aromatic rings. The van der Waals surface area contributed by atoms with E-state index >= 15 is 0 Å². The third-order valence-electron chi connectivity index (χ3n) is 3.68. The van der Waals surface area contributed by atoms with E-state index in [4.69, 9.17) is 0 Å². The Kier molecular flexibility index (Phi) is 3.88. The van der Waals surface area contributed by atoms with Gasteiger partial charge in [0, 0.05) is 5.70 Å². The molecular formula is C11H11F8NO. The molecule has 10 heteroatoms. The van der Waals surface area contributed by atoms with E-state index in [1.807, 2.05) is 5.48 Å². The van der Waals surface area contributed by atoms with Crippen molar-refractivity contribution in [2.45, 2.75) is 43.5 Å². The molecule has 1 atom stereocenters. The Morgan fingerprint density at radius 2 is 1.71 bits per heavy atom. The highest BCUT2D eigenvalue weighted by molar-refractivity contribution is 5.25. The van der Waals surface area contributed by atoms with Gasteiger partial charge in [0.15, 0.2) is 0 Å². The normalized spacial score (nSPS) is 24.3. The number of hydrogen-bond donors (Lipinski definition) is 1. The van der Waals surface area contributed by atoms with Crippen LogP contribution in [-0.4, -0.2) is 30.8 Å². The van der Waals surface area contributed by atoms with Gasteiger partial charge in [0.2, 0.25) is 0 Å². The molecule has 0 aromatic heterocycles. The first-order valence-electron chi connectivity index (χ1n) is 6.04. The second-order valence-corrected chi connectivity index (χ2v) is 4.97. The average molecular weight is 325 g/mol. The minimum absolute atomic E-state index is 0.0560. The number of hydroxylamine groups is 1. The fourth-order valence-corrected chi connectivity index (χ4v) is 2.48. The van der Waals surface area contributed by atoms with Crippen LogP contribution in [0.15, 0.2) is 11.3 Å². The molecule has 21 heavy (non-hydrogen) atoms. The second kappa shape index (κ2) is 4.99. The standard InChI is InChI=1S/C11H11F8NO/c12-8(13)10(16,17)11(18,19)9(14,15)6-3-1-2-5-4-21-20-7(5)6/h6,8,20H,1-4H2. The summed E-state index contributed by atoms with van der Waals surface area (Å²) in [5.41, 5.74) is 1.86. The molecule has 1 N–H and O–H groups in total. The molecule has 2 rings (SSSR count). The molecule has 1 unspecified atom stereocenters. The Balaban J connectivity index is 2.39. The molecule has 1 aliphatic carbocycles. The zero-order valence-corrected chi connectivity index (χ0v) is 10.4. The first-order chi connectivity index (χ1) is 9.53. The largest absolute Gasteiger partial charge is 0.378 e. The van der Waals surface area contributed by atoms with E-state index in [1.54, 1.807) is 0 Å². The predicted molar refractivity (Wildman–Crippen MR) is 54.3 cm³/mol. The maximum absolute atomic E-state index is 13.9. The highest BCUT2D eigenvalue weighted by atomic mass is 19.4. The summed E-state index contributed by atoms with van der Waals surface area (Å²) >= 11 is 0. The highest BCUT2D eigenvalue weighted by Gasteiger charge is 2.77. The summed E-state index contributed by atoms with van der Waals surface area (Å²) in [7, 11) is 0. The van der Waals surface area contributed by atoms with Gasteiger partial charge < -0.3 is 0 Å². The number of allylic oxidation sites excluding steroid dienone is 1. The molecule has 0 spiro atoms. The molecule has 0 fully saturated rings. The van der Waals surface area contributed by atoms with E-state index in [0.29, 0.717) is 6.42 Å². The molecule has 2 nitrogen and oxygen atoms in total. The zero-order chi connectivity index (χ0) is 16.1. The van der Waals surface area contributed by atoms with Gasteiger partial charge in [-0.25, -0.2) is 8.78 Å². The van der Waals surface area contributed by atoms with Crippen molar-refractivity contribution in [1.82, 2.24) is 5.48 Å². The number of hydrogen-bond acceptors (Lipinski definition) is 2. The molecule has 0 saturated carbocycles. The SMILES string of the molecule is FC(F)C(F)(F)C(F)(F)C(F)(F)C1CCCC2=C1NOC2. The fraction of sp³-hybridized carbons (Fsp3) is 0.818. The van der Waals surface area contributed by atoms with Crippen molar-refractivity contribution in [1.29, 1.82) is 0 Å². The lowest BCUT2D eigenvalue weighted by Crippen LogP contribution is -2.61. The van der Waals surface area contributed by atoms with Gasteiger partial charge in [-0.3, -0.25) is 10.3 Å². The van der Waals surface area contributed by atoms with Gasteiger partial charge >= 0.3 is 24.2 Å². The van der Waals surface area contributed by atoms with Crippen LogP contribution in [0.4, 0.5) is 35.1 Å². The van der Waals surface area contributed by atoms with Crippen LogP contribution in [-0.2, 0) is 4.84 Å². The summed E-state index contributed by atoms with van der Waals surface area (Å²) in [6.45, 7) is -0.126. The van der Waals surface area contributed by atoms with Gasteiger partial charge in [-0.15, -0.1) is 0 Å². The lowest BCUT2D eigenvalue weighted by molar-refractivity contribution is -0.348. The Morgan fingerprint density at radius 3 is 2.29 bits per heavy atom. The van der Waals surface area contributed by atoms with Crippen molar-refractivity contribution in [2.24, 2.45) is 5.92 Å². The number of nitrogens with one attached hydrogen (secondary N) is 1. The summed E-state index contributed by atoms with van der Waals surface area (Å²) in [5.74, 6) is -20.0. The third kappa shape index (κ3) is 2.27. The summed E-state index contributed by atoms with van der Waals surface area (Å²) in [4.78, 5) is 4.62. The van der Waals surface area contributed by atoms with Crippen molar-refractivity contribution in [3.63, 3.8) is 0 Å². The molecule has 1 heterocycles. The highest BCUT2D eigenvalue weighted by Crippen LogP contribution is 2.55. The summed E-state index contributed by atoms with van der Waals surface area (Å²) in [6, 6.07) is 0. The summed E-state index contributed by atoms with van der Waals surface area (Å²) < 4.78 is 104. The van der Waals surface area contributed by atoms with Gasteiger partial charge in [0.05, 0.1) is 12.5 Å². The van der Waals surface area contributed by atoms with Crippen molar-refractivity contribution >= 4 is 0 Å². The smallest absolute Gasteiger partial charge is 0.272 e. The monoisotopic (exact) mass is 325 g/mol. The minimum Gasteiger partial charge on any atom is -0.272 e. The van der Waals surface area contributed by atoms with Crippen LogP contribution in [0.3, 0.4) is 0 Å². The van der Waals surface area contributed by atoms with E-state index in [2.05, 4.69) is 4.84 Å². The molecule has 0 amide bonds. The van der Waals surface area contributed by atoms with Crippen LogP contribution < -0.4 is 5.48 Å². The van der Waals surface area contributed by atoms with E-state index in [1.165, 1.54) is 0 Å². The molecule has 1 aliphatic heterocycles. The summed E-state index contributed by atoms with van der Waals surface area (Å²) in [6.07, 6.45) is -5.08. The first-order valence-corrected chi connectivity index (χ1v) is 6.04. The van der Waals surface area contributed by atoms with Crippen LogP contribution in [0.5, 0.6) is 0 Å². The summed E-state index contributed by atoms with van der Waals surface area (Å²) in [5, 5.41) is 0. The van der Waals surface area contributed by atoms with Gasteiger partial charge in [-0.2, -0.15) is 26.3 Å². The quantitative estimate of drug-likeness (QED) is 0.795. The van der Waals surface area contributed by atoms with Crippen LogP contribution in [0.2, 0.25) is 0 Å². The molecule has 2 aliphatic rings. The van der Waals surface area contributed by atoms with Crippen LogP contribution in [0.1, 0.15) is 19.3 Å². The Labute approximate surface area is 114 Å². The fourth-order valence-electron chi connectivity index (χ4n) is 2.48. The third-order valence-corrected chi connectivity index (χ3v) is 3.68. The van der Waals surface area contributed by atoms with E-state index < -0.39 is 42.2 Å². The number of halogens is 8. The average Bonchev–Trinajstić information content (AvgIpc) is 2.85. The first kappa shape index (κ1) is 16.3. The van der Waals surface area contributed by atoms with Crippen molar-refractivity contribution in [3.8, 4) is 0 Å². The zero-order valence-electron chi connectivity index (χ0n) is 10.4. The minimum atomic E-state index is -6.18. The van der Waals surface area contributed by atoms with Gasteiger partial charge in [-0.05, 0) is 24.8 Å². The molecule has 0 bridgehead atoms. The molecule has 0 saturated heterocycles. The molecule has 122 valence electrons. The van der Waals surface area contributed by atoms with E-state index in [9.17, 15) is 35.1 Å². The Hall–Kier alpha value is -1.06. The van der Waals surface area contributed by atoms with Crippen LogP contribution in [0, 0.1) is 5.92 Å². The van der Waals surface area contributed by atoms with Crippen LogP contribution in [0.25, 0.3) is 0 Å². The Morgan fingerprint density at radius 1 is 1.10 bits per heavy atom. The molecule has 0 radical (unpaired) electrons. The second-order valence-electron chi connectivity index (χ2n) is 4.97. The number of alkyl halides is 8. The maximum Gasteiger partial charge on any atom is 0.378 e. The van der Waals surface area contributed by atoms with Crippen molar-refractivity contribution in [2.75, 3.05) is 6.61 Å². The van der Waals surface area contributed by atoms with Crippen molar-refractivity contribution in [3.05, 3.63) is 11.3 Å². The lowest BCUT2D eigenvalue weighted by atomic mass is 9.80. The van der Waals surface area contributed by atoms with Gasteiger partial charge in [0.25, 0.3) is 0 Å². The maximum atomic E-state index is 13.9.